The molecular formula is C27H48O11P+. The number of carboxylic acid groups (broad SMARTS) is 2. The lowest BCUT2D eigenvalue weighted by atomic mass is 9.96. The fourth-order valence-corrected chi connectivity index (χ4v) is 4.61. The van der Waals surface area contributed by atoms with Gasteiger partial charge in [0, 0.05) is 13.0 Å². The molecule has 0 saturated heterocycles. The largest absolute Gasteiger partial charge is 0.506 e. The van der Waals surface area contributed by atoms with Gasteiger partial charge in [0.05, 0.1) is 26.1 Å². The molecule has 2 unspecified atom stereocenters. The highest BCUT2D eigenvalue weighted by Crippen LogP contribution is 2.33. The van der Waals surface area contributed by atoms with Gasteiger partial charge in [-0.2, -0.15) is 0 Å². The molecule has 0 aromatic carbocycles. The van der Waals surface area contributed by atoms with Crippen LogP contribution >= 0.6 is 8.03 Å². The summed E-state index contributed by atoms with van der Waals surface area (Å²) >= 11 is 0. The van der Waals surface area contributed by atoms with Crippen LogP contribution in [0.2, 0.25) is 0 Å². The second-order valence-electron chi connectivity index (χ2n) is 9.62. The minimum atomic E-state index is -2.48. The topological polar surface area (TPSA) is 163 Å². The normalized spacial score (nSPS) is 12.9. The molecule has 0 spiro atoms. The summed E-state index contributed by atoms with van der Waals surface area (Å²) in [6, 6.07) is 0. The lowest BCUT2D eigenvalue weighted by Crippen LogP contribution is -2.44. The van der Waals surface area contributed by atoms with E-state index in [2.05, 4.69) is 6.92 Å². The van der Waals surface area contributed by atoms with Gasteiger partial charge in [0.2, 0.25) is 5.60 Å². The van der Waals surface area contributed by atoms with Crippen LogP contribution in [-0.2, 0) is 42.5 Å². The average molecular weight is 580 g/mol. The van der Waals surface area contributed by atoms with Crippen LogP contribution < -0.4 is 0 Å². The van der Waals surface area contributed by atoms with Gasteiger partial charge in [-0.1, -0.05) is 64.7 Å². The van der Waals surface area contributed by atoms with Gasteiger partial charge < -0.3 is 24.4 Å². The minimum absolute atomic E-state index is 0.0400. The molecule has 0 saturated carbocycles. The monoisotopic (exact) mass is 579 g/mol. The maximum absolute atomic E-state index is 12.0. The molecule has 12 heteroatoms. The first kappa shape index (κ1) is 36.9. The number of ether oxygens (including phenoxy) is 3. The predicted molar refractivity (Wildman–Crippen MR) is 145 cm³/mol. The molecule has 39 heavy (non-hydrogen) atoms. The molecule has 0 rings (SSSR count). The van der Waals surface area contributed by atoms with E-state index in [1.807, 2.05) is 0 Å². The van der Waals surface area contributed by atoms with Crippen LogP contribution in [0.25, 0.3) is 0 Å². The zero-order valence-corrected chi connectivity index (χ0v) is 24.6. The lowest BCUT2D eigenvalue weighted by Gasteiger charge is -2.20. The first-order valence-corrected chi connectivity index (χ1v) is 15.7. The zero-order valence-electron chi connectivity index (χ0n) is 23.7. The summed E-state index contributed by atoms with van der Waals surface area (Å²) in [6.07, 6.45) is 12.4. The van der Waals surface area contributed by atoms with Gasteiger partial charge in [0.15, 0.2) is 6.66 Å². The van der Waals surface area contributed by atoms with Crippen molar-refractivity contribution >= 4 is 31.9 Å². The third-order valence-corrected chi connectivity index (χ3v) is 6.59. The summed E-state index contributed by atoms with van der Waals surface area (Å²) in [5.41, 5.74) is -2.47. The van der Waals surface area contributed by atoms with Crippen molar-refractivity contribution in [2.45, 2.75) is 115 Å². The van der Waals surface area contributed by atoms with Crippen molar-refractivity contribution in [3.05, 3.63) is 0 Å². The van der Waals surface area contributed by atoms with Crippen molar-refractivity contribution in [2.24, 2.45) is 0 Å². The van der Waals surface area contributed by atoms with Crippen LogP contribution in [0.15, 0.2) is 0 Å². The molecule has 0 amide bonds. The van der Waals surface area contributed by atoms with Gasteiger partial charge in [-0.15, -0.1) is 4.52 Å². The maximum Gasteiger partial charge on any atom is 0.506 e. The molecule has 11 nitrogen and oxygen atoms in total. The van der Waals surface area contributed by atoms with Crippen LogP contribution in [0.5, 0.6) is 0 Å². The predicted octanol–water partition coefficient (Wildman–Crippen LogP) is 5.65. The van der Waals surface area contributed by atoms with E-state index < -0.39 is 44.4 Å². The number of esters is 2. The molecule has 0 aromatic rings. The van der Waals surface area contributed by atoms with E-state index in [-0.39, 0.29) is 25.6 Å². The van der Waals surface area contributed by atoms with E-state index in [0.717, 1.165) is 19.5 Å². The van der Waals surface area contributed by atoms with Crippen LogP contribution in [0, 0.1) is 0 Å². The Morgan fingerprint density at radius 2 is 1.21 bits per heavy atom. The highest BCUT2D eigenvalue weighted by atomic mass is 31.1. The molecule has 0 aromatic heterocycles. The molecule has 2 atom stereocenters. The number of carbonyl (C=O) groups excluding carboxylic acids is 2. The number of aliphatic carboxylic acids is 2. The van der Waals surface area contributed by atoms with Crippen molar-refractivity contribution in [2.75, 3.05) is 33.1 Å². The summed E-state index contributed by atoms with van der Waals surface area (Å²) in [4.78, 5) is 46.4. The number of hydrogen-bond acceptors (Lipinski definition) is 9. The fourth-order valence-electron chi connectivity index (χ4n) is 3.91. The van der Waals surface area contributed by atoms with Gasteiger partial charge in [-0.3, -0.25) is 14.4 Å². The Labute approximate surface area is 233 Å². The first-order valence-electron chi connectivity index (χ1n) is 14.1. The summed E-state index contributed by atoms with van der Waals surface area (Å²) in [7, 11) is -2.48. The van der Waals surface area contributed by atoms with Gasteiger partial charge >= 0.3 is 31.9 Å². The summed E-state index contributed by atoms with van der Waals surface area (Å²) in [5.74, 6) is -4.54. The SMILES string of the molecule is CCCCCCCCCCCCOCCOC(=O)CCCCCOC(=O)CC(CC(=O)O)(O[P+](C)=O)C(=O)O. The lowest BCUT2D eigenvalue weighted by molar-refractivity contribution is -0.168. The van der Waals surface area contributed by atoms with Crippen LogP contribution in [0.3, 0.4) is 0 Å². The van der Waals surface area contributed by atoms with Crippen LogP contribution in [-0.4, -0.2) is 72.8 Å². The number of unbranched alkanes of at least 4 members (excludes halogenated alkanes) is 11. The van der Waals surface area contributed by atoms with Gasteiger partial charge in [-0.05, 0) is 30.2 Å². The van der Waals surface area contributed by atoms with E-state index in [4.69, 9.17) is 23.8 Å². The van der Waals surface area contributed by atoms with Crippen molar-refractivity contribution in [1.29, 1.82) is 0 Å². The number of rotatable bonds is 27. The summed E-state index contributed by atoms with van der Waals surface area (Å²) in [5, 5.41) is 18.3. The van der Waals surface area contributed by atoms with E-state index in [9.17, 15) is 28.8 Å². The smallest absolute Gasteiger partial charge is 0.481 e. The Kier molecular flexibility index (Phi) is 22.5. The Morgan fingerprint density at radius 1 is 0.667 bits per heavy atom. The van der Waals surface area contributed by atoms with Crippen LogP contribution in [0.1, 0.15) is 110 Å². The highest BCUT2D eigenvalue weighted by molar-refractivity contribution is 7.38. The van der Waals surface area contributed by atoms with Crippen LogP contribution in [0.4, 0.5) is 0 Å². The maximum atomic E-state index is 12.0. The molecular weight excluding hydrogens is 531 g/mol. The Balaban J connectivity index is 3.78. The fraction of sp³-hybridized carbons (Fsp3) is 0.852. The number of carbonyl (C=O) groups is 4. The molecule has 226 valence electrons. The quantitative estimate of drug-likeness (QED) is 0.0702. The first-order chi connectivity index (χ1) is 18.6. The van der Waals surface area contributed by atoms with Crippen molar-refractivity contribution in [3.63, 3.8) is 0 Å². The van der Waals surface area contributed by atoms with E-state index >= 15 is 0 Å². The third-order valence-electron chi connectivity index (χ3n) is 5.98. The molecule has 0 aliphatic carbocycles. The highest BCUT2D eigenvalue weighted by Gasteiger charge is 2.50. The molecule has 2 N–H and O–H groups in total. The standard InChI is InChI=1S/C27H47O11P/c1-3-4-5-6-7-8-9-10-11-14-17-35-19-20-37-24(30)16-13-12-15-18-36-25(31)22-27(26(32)33,21-23(28)29)38-39(2)34/h3-22H2,1-2H3,(H-,28,29,32,33)/p+1. The Bertz CT molecular complexity index is 711. The van der Waals surface area contributed by atoms with Gasteiger partial charge in [0.25, 0.3) is 0 Å². The summed E-state index contributed by atoms with van der Waals surface area (Å²) in [6.45, 7) is 4.50. The molecule has 0 radical (unpaired) electrons. The second kappa shape index (κ2) is 23.8. The molecule has 0 aliphatic heterocycles. The van der Waals surface area contributed by atoms with Gasteiger partial charge in [0.1, 0.15) is 6.61 Å². The zero-order chi connectivity index (χ0) is 29.4. The van der Waals surface area contributed by atoms with E-state index in [1.54, 1.807) is 0 Å². The third kappa shape index (κ3) is 21.4. The number of hydrogen-bond donors (Lipinski definition) is 2. The minimum Gasteiger partial charge on any atom is -0.481 e. The van der Waals surface area contributed by atoms with E-state index in [1.165, 1.54) is 51.4 Å². The van der Waals surface area contributed by atoms with E-state index in [0.29, 0.717) is 32.5 Å². The van der Waals surface area contributed by atoms with Gasteiger partial charge in [-0.25, -0.2) is 4.79 Å². The second-order valence-corrected chi connectivity index (χ2v) is 10.7. The average Bonchev–Trinajstić information content (AvgIpc) is 2.85. The van der Waals surface area contributed by atoms with Crippen molar-refractivity contribution in [3.8, 4) is 0 Å². The molecule has 0 heterocycles. The Hall–Kier alpha value is -2.10. The Morgan fingerprint density at radius 3 is 1.77 bits per heavy atom. The van der Waals surface area contributed by atoms with Crippen molar-refractivity contribution in [1.82, 2.24) is 0 Å². The molecule has 0 fully saturated rings. The number of carboxylic acids is 2. The van der Waals surface area contributed by atoms with Crippen molar-refractivity contribution < 1.29 is 52.7 Å². The summed E-state index contributed by atoms with van der Waals surface area (Å²) < 4.78 is 31.8. The molecule has 0 aliphatic rings. The molecule has 0 bridgehead atoms.